The van der Waals surface area contributed by atoms with Crippen LogP contribution in [-0.2, 0) is 4.79 Å². The molecule has 0 saturated carbocycles. The Balaban J connectivity index is 2.70. The number of nitrogens with two attached hydrogens (primary N) is 1. The third kappa shape index (κ3) is 5.95. The van der Waals surface area contributed by atoms with Crippen LogP contribution in [0.15, 0.2) is 24.3 Å². The predicted molar refractivity (Wildman–Crippen MR) is 85.2 cm³/mol. The van der Waals surface area contributed by atoms with E-state index in [2.05, 4.69) is 10.6 Å². The van der Waals surface area contributed by atoms with Gasteiger partial charge >= 0.3 is 0 Å². The van der Waals surface area contributed by atoms with E-state index in [-0.39, 0.29) is 24.3 Å². The van der Waals surface area contributed by atoms with E-state index in [1.54, 1.807) is 24.3 Å². The van der Waals surface area contributed by atoms with Gasteiger partial charge < -0.3 is 16.4 Å². The normalized spacial score (nSPS) is 11.8. The van der Waals surface area contributed by atoms with Crippen LogP contribution in [0.5, 0.6) is 0 Å². The second-order valence-corrected chi connectivity index (χ2v) is 5.10. The molecule has 0 radical (unpaired) electrons. The van der Waals surface area contributed by atoms with Gasteiger partial charge in [0.15, 0.2) is 0 Å². The maximum Gasteiger partial charge on any atom is 0.253 e. The van der Waals surface area contributed by atoms with E-state index < -0.39 is 0 Å². The van der Waals surface area contributed by atoms with E-state index in [0.29, 0.717) is 17.8 Å². The molecular formula is C16H25N3O2. The first-order valence-corrected chi connectivity index (χ1v) is 7.51. The van der Waals surface area contributed by atoms with Crippen molar-refractivity contribution < 1.29 is 9.59 Å². The van der Waals surface area contributed by atoms with Gasteiger partial charge in [-0.3, -0.25) is 9.59 Å². The van der Waals surface area contributed by atoms with Crippen molar-refractivity contribution in [3.63, 3.8) is 0 Å². The molecular weight excluding hydrogens is 266 g/mol. The van der Waals surface area contributed by atoms with Gasteiger partial charge in [-0.05, 0) is 25.0 Å². The Hall–Kier alpha value is -1.88. The number of hydrogen-bond donors (Lipinski definition) is 3. The quantitative estimate of drug-likeness (QED) is 0.687. The standard InChI is InChI=1S/C16H25N3O2/c1-3-7-12(17)11-15(20)19-14-9-6-5-8-13(14)16(21)18-10-4-2/h5-6,8-9,12H,3-4,7,10-11,17H2,1-2H3,(H,18,21)(H,19,20). The van der Waals surface area contributed by atoms with Crippen molar-refractivity contribution in [3.8, 4) is 0 Å². The summed E-state index contributed by atoms with van der Waals surface area (Å²) in [6, 6.07) is 6.85. The van der Waals surface area contributed by atoms with Crippen LogP contribution in [0.25, 0.3) is 0 Å². The fraction of sp³-hybridized carbons (Fsp3) is 0.500. The summed E-state index contributed by atoms with van der Waals surface area (Å²) in [7, 11) is 0. The number of hydrogen-bond acceptors (Lipinski definition) is 3. The lowest BCUT2D eigenvalue weighted by atomic mass is 10.1. The van der Waals surface area contributed by atoms with Gasteiger partial charge in [-0.1, -0.05) is 32.4 Å². The highest BCUT2D eigenvalue weighted by Crippen LogP contribution is 2.15. The Morgan fingerprint density at radius 1 is 1.19 bits per heavy atom. The number of para-hydroxylation sites is 1. The van der Waals surface area contributed by atoms with Crippen LogP contribution in [0, 0.1) is 0 Å². The summed E-state index contributed by atoms with van der Waals surface area (Å²) >= 11 is 0. The van der Waals surface area contributed by atoms with Crippen molar-refractivity contribution in [1.29, 1.82) is 0 Å². The Morgan fingerprint density at radius 3 is 2.57 bits per heavy atom. The average molecular weight is 291 g/mol. The van der Waals surface area contributed by atoms with Gasteiger partial charge in [0, 0.05) is 19.0 Å². The number of carbonyl (C=O) groups excluding carboxylic acids is 2. The van der Waals surface area contributed by atoms with Crippen LogP contribution < -0.4 is 16.4 Å². The largest absolute Gasteiger partial charge is 0.352 e. The Bertz CT molecular complexity index is 474. The first-order valence-electron chi connectivity index (χ1n) is 7.51. The van der Waals surface area contributed by atoms with Crippen molar-refractivity contribution in [1.82, 2.24) is 5.32 Å². The summed E-state index contributed by atoms with van der Waals surface area (Å²) in [5, 5.41) is 5.59. The molecule has 0 aliphatic heterocycles. The zero-order valence-corrected chi connectivity index (χ0v) is 12.8. The van der Waals surface area contributed by atoms with Crippen molar-refractivity contribution in [3.05, 3.63) is 29.8 Å². The van der Waals surface area contributed by atoms with E-state index in [4.69, 9.17) is 5.73 Å². The summed E-state index contributed by atoms with van der Waals surface area (Å²) in [5.41, 5.74) is 6.87. The monoisotopic (exact) mass is 291 g/mol. The Kier molecular flexibility index (Phi) is 7.46. The molecule has 0 aliphatic carbocycles. The third-order valence-corrected chi connectivity index (χ3v) is 3.09. The summed E-state index contributed by atoms with van der Waals surface area (Å²) in [6.45, 7) is 4.64. The van der Waals surface area contributed by atoms with Gasteiger partial charge in [0.25, 0.3) is 5.91 Å². The Morgan fingerprint density at radius 2 is 1.90 bits per heavy atom. The van der Waals surface area contributed by atoms with Gasteiger partial charge in [-0.15, -0.1) is 0 Å². The molecule has 0 aliphatic rings. The van der Waals surface area contributed by atoms with Gasteiger partial charge in [-0.25, -0.2) is 0 Å². The molecule has 1 aromatic carbocycles. The van der Waals surface area contributed by atoms with Gasteiger partial charge in [-0.2, -0.15) is 0 Å². The number of benzene rings is 1. The number of carbonyl (C=O) groups is 2. The molecule has 116 valence electrons. The van der Waals surface area contributed by atoms with Crippen molar-refractivity contribution >= 4 is 17.5 Å². The predicted octanol–water partition coefficient (Wildman–Crippen LogP) is 2.28. The molecule has 21 heavy (non-hydrogen) atoms. The summed E-state index contributed by atoms with van der Waals surface area (Å²) < 4.78 is 0. The summed E-state index contributed by atoms with van der Waals surface area (Å²) in [4.78, 5) is 24.0. The second-order valence-electron chi connectivity index (χ2n) is 5.10. The number of amides is 2. The van der Waals surface area contributed by atoms with Crippen molar-refractivity contribution in [2.75, 3.05) is 11.9 Å². The molecule has 0 saturated heterocycles. The molecule has 1 unspecified atom stereocenters. The zero-order chi connectivity index (χ0) is 15.7. The van der Waals surface area contributed by atoms with Crippen LogP contribution in [-0.4, -0.2) is 24.4 Å². The maximum absolute atomic E-state index is 12.0. The lowest BCUT2D eigenvalue weighted by molar-refractivity contribution is -0.116. The van der Waals surface area contributed by atoms with Crippen molar-refractivity contribution in [2.45, 2.75) is 45.6 Å². The van der Waals surface area contributed by atoms with E-state index in [1.807, 2.05) is 13.8 Å². The molecule has 1 aromatic rings. The SMILES string of the molecule is CCCNC(=O)c1ccccc1NC(=O)CC(N)CCC. The highest BCUT2D eigenvalue weighted by Gasteiger charge is 2.14. The number of nitrogens with one attached hydrogen (secondary N) is 2. The smallest absolute Gasteiger partial charge is 0.253 e. The van der Waals surface area contributed by atoms with E-state index in [1.165, 1.54) is 0 Å². The molecule has 0 spiro atoms. The van der Waals surface area contributed by atoms with Crippen LogP contribution in [0.4, 0.5) is 5.69 Å². The molecule has 0 aromatic heterocycles. The first-order chi connectivity index (χ1) is 10.1. The molecule has 2 amide bonds. The first kappa shape index (κ1) is 17.2. The van der Waals surface area contributed by atoms with Crippen LogP contribution in [0.3, 0.4) is 0 Å². The fourth-order valence-electron chi connectivity index (χ4n) is 2.04. The zero-order valence-electron chi connectivity index (χ0n) is 12.8. The molecule has 5 nitrogen and oxygen atoms in total. The second kappa shape index (κ2) is 9.13. The van der Waals surface area contributed by atoms with Crippen LogP contribution >= 0.6 is 0 Å². The molecule has 1 atom stereocenters. The summed E-state index contributed by atoms with van der Waals surface area (Å²) in [6.07, 6.45) is 2.89. The van der Waals surface area contributed by atoms with Gasteiger partial charge in [0.05, 0.1) is 11.3 Å². The lowest BCUT2D eigenvalue weighted by Crippen LogP contribution is -2.29. The minimum absolute atomic E-state index is 0.143. The molecule has 5 heteroatoms. The molecule has 0 fully saturated rings. The highest BCUT2D eigenvalue weighted by molar-refractivity contribution is 6.03. The molecule has 0 bridgehead atoms. The van der Waals surface area contributed by atoms with E-state index in [9.17, 15) is 9.59 Å². The minimum Gasteiger partial charge on any atom is -0.352 e. The number of anilines is 1. The molecule has 0 heterocycles. The third-order valence-electron chi connectivity index (χ3n) is 3.09. The maximum atomic E-state index is 12.0. The molecule has 1 rings (SSSR count). The van der Waals surface area contributed by atoms with E-state index in [0.717, 1.165) is 19.3 Å². The van der Waals surface area contributed by atoms with Crippen LogP contribution in [0.2, 0.25) is 0 Å². The van der Waals surface area contributed by atoms with Crippen molar-refractivity contribution in [2.24, 2.45) is 5.73 Å². The average Bonchev–Trinajstić information content (AvgIpc) is 2.45. The molecule has 4 N–H and O–H groups in total. The highest BCUT2D eigenvalue weighted by atomic mass is 16.2. The minimum atomic E-state index is -0.175. The van der Waals surface area contributed by atoms with E-state index >= 15 is 0 Å². The van der Waals surface area contributed by atoms with Gasteiger partial charge in [0.1, 0.15) is 0 Å². The summed E-state index contributed by atoms with van der Waals surface area (Å²) in [5.74, 6) is -0.336. The fourth-order valence-corrected chi connectivity index (χ4v) is 2.04. The van der Waals surface area contributed by atoms with Gasteiger partial charge in [0.2, 0.25) is 5.91 Å². The topological polar surface area (TPSA) is 84.2 Å². The Labute approximate surface area is 126 Å². The lowest BCUT2D eigenvalue weighted by Gasteiger charge is -2.13. The number of rotatable bonds is 8. The van der Waals surface area contributed by atoms with Crippen LogP contribution in [0.1, 0.15) is 49.9 Å².